The lowest BCUT2D eigenvalue weighted by molar-refractivity contribution is 0.197. The van der Waals surface area contributed by atoms with Crippen LogP contribution >= 0.6 is 22.7 Å². The van der Waals surface area contributed by atoms with Gasteiger partial charge in [-0.2, -0.15) is 0 Å². The van der Waals surface area contributed by atoms with Crippen molar-refractivity contribution in [2.75, 3.05) is 20.3 Å². The van der Waals surface area contributed by atoms with Gasteiger partial charge in [-0.15, -0.1) is 22.7 Å². The number of nitrogens with zero attached hydrogens (tertiary/aromatic N) is 1. The third-order valence-corrected chi connectivity index (χ3v) is 5.21. The quantitative estimate of drug-likeness (QED) is 0.786. The number of thiophene rings is 1. The highest BCUT2D eigenvalue weighted by Gasteiger charge is 2.20. The van der Waals surface area contributed by atoms with Crippen LogP contribution in [0.3, 0.4) is 0 Å². The summed E-state index contributed by atoms with van der Waals surface area (Å²) in [6.45, 7) is 8.07. The molecule has 2 heterocycles. The summed E-state index contributed by atoms with van der Waals surface area (Å²) in [5.41, 5.74) is 2.50. The molecule has 1 N–H and O–H groups in total. The number of thiazole rings is 1. The summed E-state index contributed by atoms with van der Waals surface area (Å²) in [5, 5.41) is 9.03. The lowest BCUT2D eigenvalue weighted by atomic mass is 10.1. The van der Waals surface area contributed by atoms with E-state index >= 15 is 0 Å². The van der Waals surface area contributed by atoms with Gasteiger partial charge in [0.2, 0.25) is 0 Å². The van der Waals surface area contributed by atoms with Crippen molar-refractivity contribution in [2.24, 2.45) is 0 Å². The first-order valence-electron chi connectivity index (χ1n) is 6.85. The van der Waals surface area contributed by atoms with E-state index in [1.54, 1.807) is 29.8 Å². The number of aryl methyl sites for hydroxylation is 1. The number of ether oxygens (including phenoxy) is 1. The molecule has 2 rings (SSSR count). The first-order valence-corrected chi connectivity index (χ1v) is 8.61. The summed E-state index contributed by atoms with van der Waals surface area (Å²) in [6, 6.07) is 2.35. The number of methoxy groups -OCH3 is 1. The summed E-state index contributed by atoms with van der Waals surface area (Å²) in [6.07, 6.45) is 0. The van der Waals surface area contributed by atoms with Gasteiger partial charge in [0, 0.05) is 23.9 Å². The third kappa shape index (κ3) is 3.67. The van der Waals surface area contributed by atoms with Crippen molar-refractivity contribution in [3.05, 3.63) is 38.0 Å². The molecule has 1 unspecified atom stereocenters. The Labute approximate surface area is 129 Å². The van der Waals surface area contributed by atoms with E-state index in [0.29, 0.717) is 12.5 Å². The second kappa shape index (κ2) is 7.31. The van der Waals surface area contributed by atoms with Crippen LogP contribution in [0, 0.1) is 6.92 Å². The summed E-state index contributed by atoms with van der Waals surface area (Å²) in [4.78, 5) is 6.16. The maximum atomic E-state index is 5.14. The van der Waals surface area contributed by atoms with Crippen LogP contribution in [-0.2, 0) is 4.74 Å². The first-order chi connectivity index (χ1) is 9.63. The number of nitrogens with one attached hydrogen (secondary N) is 1. The standard InChI is InChI=1S/C15H22N2OS2/c1-10(2)12-9-20-15(17-12)13(16-6-7-18-4)14-11(3)5-8-19-14/h5,8-10,13,16H,6-7H2,1-4H3. The minimum Gasteiger partial charge on any atom is -0.383 e. The Morgan fingerprint density at radius 2 is 2.15 bits per heavy atom. The largest absolute Gasteiger partial charge is 0.383 e. The van der Waals surface area contributed by atoms with E-state index in [-0.39, 0.29) is 6.04 Å². The van der Waals surface area contributed by atoms with Crippen molar-refractivity contribution in [1.82, 2.24) is 10.3 Å². The van der Waals surface area contributed by atoms with Gasteiger partial charge < -0.3 is 10.1 Å². The highest BCUT2D eigenvalue weighted by Crippen LogP contribution is 2.32. The average Bonchev–Trinajstić information content (AvgIpc) is 3.04. The molecule has 2 aromatic heterocycles. The van der Waals surface area contributed by atoms with Crippen molar-refractivity contribution >= 4 is 22.7 Å². The zero-order valence-corrected chi connectivity index (χ0v) is 14.1. The fraction of sp³-hybridized carbons (Fsp3) is 0.533. The van der Waals surface area contributed by atoms with Crippen LogP contribution in [0.15, 0.2) is 16.8 Å². The van der Waals surface area contributed by atoms with Crippen LogP contribution in [0.2, 0.25) is 0 Å². The van der Waals surface area contributed by atoms with E-state index in [0.717, 1.165) is 11.6 Å². The molecule has 0 aliphatic heterocycles. The molecule has 3 nitrogen and oxygen atoms in total. The zero-order valence-electron chi connectivity index (χ0n) is 12.5. The second-order valence-electron chi connectivity index (χ2n) is 5.11. The van der Waals surface area contributed by atoms with Crippen molar-refractivity contribution in [3.8, 4) is 0 Å². The smallest absolute Gasteiger partial charge is 0.115 e. The van der Waals surface area contributed by atoms with Crippen molar-refractivity contribution in [1.29, 1.82) is 0 Å². The van der Waals surface area contributed by atoms with Gasteiger partial charge in [0.1, 0.15) is 5.01 Å². The van der Waals surface area contributed by atoms with Gasteiger partial charge in [0.05, 0.1) is 18.3 Å². The lowest BCUT2D eigenvalue weighted by Gasteiger charge is -2.16. The molecule has 0 aromatic carbocycles. The molecular weight excluding hydrogens is 288 g/mol. The van der Waals surface area contributed by atoms with Gasteiger partial charge in [0.25, 0.3) is 0 Å². The summed E-state index contributed by atoms with van der Waals surface area (Å²) < 4.78 is 5.14. The molecule has 0 spiro atoms. The fourth-order valence-electron chi connectivity index (χ4n) is 1.98. The minimum absolute atomic E-state index is 0.183. The SMILES string of the molecule is COCCNC(c1nc(C(C)C)cs1)c1sccc1C. The highest BCUT2D eigenvalue weighted by atomic mass is 32.1. The molecule has 0 amide bonds. The lowest BCUT2D eigenvalue weighted by Crippen LogP contribution is -2.25. The summed E-state index contributed by atoms with van der Waals surface area (Å²) in [7, 11) is 1.73. The number of hydrogen-bond donors (Lipinski definition) is 1. The van der Waals surface area contributed by atoms with Crippen LogP contribution in [0.5, 0.6) is 0 Å². The van der Waals surface area contributed by atoms with Crippen LogP contribution in [-0.4, -0.2) is 25.2 Å². The van der Waals surface area contributed by atoms with Crippen LogP contribution in [0.4, 0.5) is 0 Å². The van der Waals surface area contributed by atoms with Crippen molar-refractivity contribution in [3.63, 3.8) is 0 Å². The monoisotopic (exact) mass is 310 g/mol. The number of hydrogen-bond acceptors (Lipinski definition) is 5. The van der Waals surface area contributed by atoms with Gasteiger partial charge in [0.15, 0.2) is 0 Å². The Hall–Kier alpha value is -0.750. The molecule has 0 saturated heterocycles. The number of rotatable bonds is 7. The normalized spacial score (nSPS) is 13.1. The fourth-order valence-corrected chi connectivity index (χ4v) is 4.12. The van der Waals surface area contributed by atoms with Crippen LogP contribution < -0.4 is 5.32 Å². The molecule has 1 atom stereocenters. The van der Waals surface area contributed by atoms with E-state index < -0.39 is 0 Å². The predicted octanol–water partition coefficient (Wildman–Crippen LogP) is 3.96. The van der Waals surface area contributed by atoms with Gasteiger partial charge >= 0.3 is 0 Å². The molecule has 20 heavy (non-hydrogen) atoms. The topological polar surface area (TPSA) is 34.1 Å². The maximum Gasteiger partial charge on any atom is 0.115 e. The Bertz CT molecular complexity index is 533. The molecule has 0 radical (unpaired) electrons. The molecule has 5 heteroatoms. The predicted molar refractivity (Wildman–Crippen MR) is 87.0 cm³/mol. The van der Waals surface area contributed by atoms with E-state index in [1.165, 1.54) is 16.1 Å². The molecule has 0 aliphatic carbocycles. The molecule has 2 aromatic rings. The maximum absolute atomic E-state index is 5.14. The van der Waals surface area contributed by atoms with Gasteiger partial charge in [-0.1, -0.05) is 13.8 Å². The molecule has 0 bridgehead atoms. The average molecular weight is 310 g/mol. The van der Waals surface area contributed by atoms with E-state index in [4.69, 9.17) is 9.72 Å². The van der Waals surface area contributed by atoms with E-state index in [2.05, 4.69) is 42.9 Å². The van der Waals surface area contributed by atoms with Crippen molar-refractivity contribution in [2.45, 2.75) is 32.7 Å². The summed E-state index contributed by atoms with van der Waals surface area (Å²) in [5.74, 6) is 0.476. The third-order valence-electron chi connectivity index (χ3n) is 3.20. The molecular formula is C15H22N2OS2. The molecule has 0 saturated carbocycles. The molecule has 0 fully saturated rings. The molecule has 110 valence electrons. The Morgan fingerprint density at radius 3 is 2.70 bits per heavy atom. The Balaban J connectivity index is 2.23. The van der Waals surface area contributed by atoms with Crippen LogP contribution in [0.25, 0.3) is 0 Å². The van der Waals surface area contributed by atoms with Crippen molar-refractivity contribution < 1.29 is 4.74 Å². The highest BCUT2D eigenvalue weighted by molar-refractivity contribution is 7.11. The Morgan fingerprint density at radius 1 is 1.35 bits per heavy atom. The Kier molecular flexibility index (Phi) is 5.72. The first kappa shape index (κ1) is 15.6. The second-order valence-corrected chi connectivity index (χ2v) is 6.95. The van der Waals surface area contributed by atoms with Gasteiger partial charge in [-0.25, -0.2) is 4.98 Å². The minimum atomic E-state index is 0.183. The zero-order chi connectivity index (χ0) is 14.5. The number of aromatic nitrogens is 1. The molecule has 0 aliphatic rings. The van der Waals surface area contributed by atoms with Crippen LogP contribution in [0.1, 0.15) is 46.9 Å². The van der Waals surface area contributed by atoms with Gasteiger partial charge in [-0.3, -0.25) is 0 Å². The van der Waals surface area contributed by atoms with E-state index in [9.17, 15) is 0 Å². The van der Waals surface area contributed by atoms with Gasteiger partial charge in [-0.05, 0) is 29.9 Å². The van der Waals surface area contributed by atoms with E-state index in [1.807, 2.05) is 0 Å². The summed E-state index contributed by atoms with van der Waals surface area (Å²) >= 11 is 3.53.